The lowest BCUT2D eigenvalue weighted by Crippen LogP contribution is -2.34. The maximum atomic E-state index is 12.1. The third-order valence-electron chi connectivity index (χ3n) is 3.74. The maximum absolute atomic E-state index is 12.1. The number of carboxylic acid groups (broad SMARTS) is 1. The van der Waals surface area contributed by atoms with Crippen LogP contribution in [0.1, 0.15) is 59.3 Å². The van der Waals surface area contributed by atoms with Gasteiger partial charge in [0.05, 0.1) is 6.42 Å². The number of nitrogens with zero attached hydrogens (tertiary/aromatic N) is 2. The van der Waals surface area contributed by atoms with Crippen molar-refractivity contribution >= 4 is 11.9 Å². The summed E-state index contributed by atoms with van der Waals surface area (Å²) in [5.74, 6) is -0.743. The highest BCUT2D eigenvalue weighted by Crippen LogP contribution is 2.05. The first-order valence-corrected chi connectivity index (χ1v) is 8.27. The van der Waals surface area contributed by atoms with Gasteiger partial charge in [-0.2, -0.15) is 0 Å². The average molecular weight is 300 g/mol. The molecule has 0 aliphatic rings. The van der Waals surface area contributed by atoms with E-state index in [-0.39, 0.29) is 12.3 Å². The molecule has 0 aromatic carbocycles. The Hall–Kier alpha value is -1.10. The Morgan fingerprint density at radius 2 is 1.48 bits per heavy atom. The summed E-state index contributed by atoms with van der Waals surface area (Å²) in [5, 5.41) is 8.78. The second-order valence-electron chi connectivity index (χ2n) is 5.36. The molecule has 0 atom stereocenters. The number of carboxylic acids is 1. The molecule has 0 radical (unpaired) electrons. The van der Waals surface area contributed by atoms with Crippen LogP contribution in [0, 0.1) is 0 Å². The van der Waals surface area contributed by atoms with E-state index in [4.69, 9.17) is 5.11 Å². The second-order valence-corrected chi connectivity index (χ2v) is 5.36. The molecule has 0 fully saturated rings. The maximum Gasteiger partial charge on any atom is 0.305 e. The Labute approximate surface area is 129 Å². The normalized spacial score (nSPS) is 10.9. The van der Waals surface area contributed by atoms with Crippen molar-refractivity contribution in [3.05, 3.63) is 0 Å². The summed E-state index contributed by atoms with van der Waals surface area (Å²) < 4.78 is 0. The Morgan fingerprint density at radius 1 is 0.857 bits per heavy atom. The number of amides is 1. The Bertz CT molecular complexity index is 291. The number of hydrogen-bond acceptors (Lipinski definition) is 3. The summed E-state index contributed by atoms with van der Waals surface area (Å²) in [6.45, 7) is 10.5. The second kappa shape index (κ2) is 12.6. The van der Waals surface area contributed by atoms with Gasteiger partial charge in [-0.05, 0) is 38.9 Å². The molecule has 0 saturated carbocycles. The molecule has 5 heteroatoms. The van der Waals surface area contributed by atoms with Crippen molar-refractivity contribution in [2.75, 3.05) is 32.7 Å². The summed E-state index contributed by atoms with van der Waals surface area (Å²) >= 11 is 0. The van der Waals surface area contributed by atoms with Crippen molar-refractivity contribution in [2.24, 2.45) is 0 Å². The van der Waals surface area contributed by atoms with Crippen LogP contribution in [0.15, 0.2) is 0 Å². The Morgan fingerprint density at radius 3 is 2.00 bits per heavy atom. The van der Waals surface area contributed by atoms with E-state index in [0.29, 0.717) is 19.5 Å². The van der Waals surface area contributed by atoms with Crippen molar-refractivity contribution in [3.8, 4) is 0 Å². The van der Waals surface area contributed by atoms with Crippen LogP contribution >= 0.6 is 0 Å². The molecule has 0 aromatic rings. The highest BCUT2D eigenvalue weighted by molar-refractivity contribution is 5.77. The van der Waals surface area contributed by atoms with E-state index < -0.39 is 5.97 Å². The van der Waals surface area contributed by atoms with E-state index in [9.17, 15) is 9.59 Å². The van der Waals surface area contributed by atoms with Gasteiger partial charge in [-0.15, -0.1) is 0 Å². The lowest BCUT2D eigenvalue weighted by molar-refractivity contribution is -0.138. The number of rotatable bonds is 13. The van der Waals surface area contributed by atoms with Gasteiger partial charge >= 0.3 is 5.97 Å². The van der Waals surface area contributed by atoms with E-state index in [0.717, 1.165) is 45.3 Å². The van der Waals surface area contributed by atoms with Crippen LogP contribution in [0.2, 0.25) is 0 Å². The van der Waals surface area contributed by atoms with Gasteiger partial charge in [0.25, 0.3) is 0 Å². The van der Waals surface area contributed by atoms with Crippen LogP contribution in [0.25, 0.3) is 0 Å². The van der Waals surface area contributed by atoms with Gasteiger partial charge in [0.2, 0.25) is 5.91 Å². The molecule has 0 heterocycles. The summed E-state index contributed by atoms with van der Waals surface area (Å²) in [6, 6.07) is 0. The van der Waals surface area contributed by atoms with Crippen molar-refractivity contribution in [2.45, 2.75) is 59.3 Å². The molecule has 0 rings (SSSR count). The van der Waals surface area contributed by atoms with E-state index in [1.807, 2.05) is 0 Å². The molecule has 0 unspecified atom stereocenters. The van der Waals surface area contributed by atoms with Gasteiger partial charge in [-0.25, -0.2) is 0 Å². The van der Waals surface area contributed by atoms with Crippen LogP contribution in [0.3, 0.4) is 0 Å². The minimum absolute atomic E-state index is 0.0356. The minimum Gasteiger partial charge on any atom is -0.481 e. The Balaban J connectivity index is 4.13. The van der Waals surface area contributed by atoms with Gasteiger partial charge < -0.3 is 14.9 Å². The minimum atomic E-state index is -0.841. The van der Waals surface area contributed by atoms with Crippen molar-refractivity contribution < 1.29 is 14.7 Å². The molecular formula is C16H32N2O3. The zero-order chi connectivity index (χ0) is 16.1. The summed E-state index contributed by atoms with van der Waals surface area (Å²) in [6.07, 6.45) is 4.42. The molecule has 0 aromatic heterocycles. The molecule has 0 bridgehead atoms. The zero-order valence-electron chi connectivity index (χ0n) is 13.9. The van der Waals surface area contributed by atoms with E-state index in [1.165, 1.54) is 0 Å². The highest BCUT2D eigenvalue weighted by atomic mass is 16.4. The molecule has 1 amide bonds. The largest absolute Gasteiger partial charge is 0.481 e. The molecule has 0 aliphatic carbocycles. The molecule has 5 nitrogen and oxygen atoms in total. The van der Waals surface area contributed by atoms with E-state index in [2.05, 4.69) is 25.7 Å². The zero-order valence-corrected chi connectivity index (χ0v) is 13.9. The van der Waals surface area contributed by atoms with Gasteiger partial charge in [0.15, 0.2) is 0 Å². The monoisotopic (exact) mass is 300 g/mol. The first-order valence-electron chi connectivity index (χ1n) is 8.27. The first-order chi connectivity index (χ1) is 10.0. The summed E-state index contributed by atoms with van der Waals surface area (Å²) in [5.41, 5.74) is 0. The number of unbranched alkanes of at least 4 members (excludes halogenated alkanes) is 2. The van der Waals surface area contributed by atoms with Crippen molar-refractivity contribution in [1.82, 2.24) is 9.80 Å². The third kappa shape index (κ3) is 10.3. The fraction of sp³-hybridized carbons (Fsp3) is 0.875. The molecular weight excluding hydrogens is 268 g/mol. The SMILES string of the molecule is CCCCC(=O)N(CCCCN(CC)CC)CCC(=O)O. The summed E-state index contributed by atoms with van der Waals surface area (Å²) in [4.78, 5) is 26.9. The van der Waals surface area contributed by atoms with Gasteiger partial charge in [0, 0.05) is 19.5 Å². The van der Waals surface area contributed by atoms with Gasteiger partial charge in [-0.3, -0.25) is 9.59 Å². The smallest absolute Gasteiger partial charge is 0.305 e. The third-order valence-corrected chi connectivity index (χ3v) is 3.74. The molecule has 21 heavy (non-hydrogen) atoms. The van der Waals surface area contributed by atoms with Crippen LogP contribution in [-0.4, -0.2) is 59.5 Å². The molecule has 0 aliphatic heterocycles. The van der Waals surface area contributed by atoms with E-state index in [1.54, 1.807) is 4.90 Å². The topological polar surface area (TPSA) is 60.9 Å². The number of aliphatic carboxylic acids is 1. The van der Waals surface area contributed by atoms with Gasteiger partial charge in [0.1, 0.15) is 0 Å². The number of hydrogen-bond donors (Lipinski definition) is 1. The molecule has 124 valence electrons. The standard InChI is InChI=1S/C16H32N2O3/c1-4-7-10-15(19)18(14-11-16(20)21)13-9-8-12-17(5-2)6-3/h4-14H2,1-3H3,(H,20,21). The van der Waals surface area contributed by atoms with Crippen LogP contribution in [0.5, 0.6) is 0 Å². The van der Waals surface area contributed by atoms with E-state index >= 15 is 0 Å². The van der Waals surface area contributed by atoms with Crippen LogP contribution < -0.4 is 0 Å². The Kier molecular flexibility index (Phi) is 12.0. The van der Waals surface area contributed by atoms with Crippen molar-refractivity contribution in [3.63, 3.8) is 0 Å². The lowest BCUT2D eigenvalue weighted by atomic mass is 10.2. The highest BCUT2D eigenvalue weighted by Gasteiger charge is 2.14. The fourth-order valence-electron chi connectivity index (χ4n) is 2.26. The predicted octanol–water partition coefficient (Wildman–Crippen LogP) is 2.60. The van der Waals surface area contributed by atoms with Crippen LogP contribution in [0.4, 0.5) is 0 Å². The van der Waals surface area contributed by atoms with Crippen molar-refractivity contribution in [1.29, 1.82) is 0 Å². The number of carbonyl (C=O) groups excluding carboxylic acids is 1. The van der Waals surface area contributed by atoms with Gasteiger partial charge in [-0.1, -0.05) is 27.2 Å². The average Bonchev–Trinajstić information content (AvgIpc) is 2.47. The number of carbonyl (C=O) groups is 2. The summed E-state index contributed by atoms with van der Waals surface area (Å²) in [7, 11) is 0. The fourth-order valence-corrected chi connectivity index (χ4v) is 2.26. The molecule has 0 saturated heterocycles. The molecule has 1 N–H and O–H groups in total. The predicted molar refractivity (Wildman–Crippen MR) is 85.4 cm³/mol. The quantitative estimate of drug-likeness (QED) is 0.531. The molecule has 0 spiro atoms. The van der Waals surface area contributed by atoms with Crippen LogP contribution in [-0.2, 0) is 9.59 Å². The first kappa shape index (κ1) is 19.9. The lowest BCUT2D eigenvalue weighted by Gasteiger charge is -2.23.